The first-order valence-corrected chi connectivity index (χ1v) is 4.73. The molecule has 82 valence electrons. The van der Waals surface area contributed by atoms with Crippen molar-refractivity contribution in [3.63, 3.8) is 0 Å². The molecule has 0 unspecified atom stereocenters. The molecular weight excluding hydrogens is 230 g/mol. The molecule has 0 fully saturated rings. The quantitative estimate of drug-likeness (QED) is 0.338. The van der Waals surface area contributed by atoms with Crippen molar-refractivity contribution in [1.82, 2.24) is 4.98 Å². The van der Waals surface area contributed by atoms with Gasteiger partial charge in [0.25, 0.3) is 0 Å². The molecule has 0 amide bonds. The molecule has 0 aliphatic carbocycles. The Morgan fingerprint density at radius 1 is 1.69 bits per heavy atom. The summed E-state index contributed by atoms with van der Waals surface area (Å²) >= 11 is 5.77. The SMILES string of the molecule is COC(=O)c1cnc(Cl)c(C#CCC=O)c1. The lowest BCUT2D eigenvalue weighted by atomic mass is 10.2. The van der Waals surface area contributed by atoms with E-state index in [1.54, 1.807) is 0 Å². The van der Waals surface area contributed by atoms with Crippen molar-refractivity contribution >= 4 is 23.9 Å². The van der Waals surface area contributed by atoms with Crippen LogP contribution >= 0.6 is 11.6 Å². The maximum absolute atomic E-state index is 11.2. The number of hydrogen-bond acceptors (Lipinski definition) is 4. The topological polar surface area (TPSA) is 56.3 Å². The van der Waals surface area contributed by atoms with Gasteiger partial charge in [-0.1, -0.05) is 23.4 Å². The smallest absolute Gasteiger partial charge is 0.339 e. The Bertz CT molecular complexity index is 474. The van der Waals surface area contributed by atoms with Gasteiger partial charge in [-0.05, 0) is 6.07 Å². The molecule has 0 saturated carbocycles. The molecule has 16 heavy (non-hydrogen) atoms. The molecule has 0 aliphatic heterocycles. The molecule has 4 nitrogen and oxygen atoms in total. The van der Waals surface area contributed by atoms with Crippen molar-refractivity contribution in [2.24, 2.45) is 0 Å². The molecule has 0 saturated heterocycles. The third-order valence-electron chi connectivity index (χ3n) is 1.67. The zero-order valence-corrected chi connectivity index (χ0v) is 9.25. The van der Waals surface area contributed by atoms with Crippen molar-refractivity contribution < 1.29 is 14.3 Å². The number of pyridine rings is 1. The summed E-state index contributed by atoms with van der Waals surface area (Å²) in [5, 5.41) is 0.186. The van der Waals surface area contributed by atoms with Crippen LogP contribution in [0.5, 0.6) is 0 Å². The van der Waals surface area contributed by atoms with Crippen LogP contribution in [-0.4, -0.2) is 24.3 Å². The first-order chi connectivity index (χ1) is 7.69. The lowest BCUT2D eigenvalue weighted by Gasteiger charge is -2.00. The monoisotopic (exact) mass is 237 g/mol. The average molecular weight is 238 g/mol. The van der Waals surface area contributed by atoms with E-state index in [1.807, 2.05) is 0 Å². The van der Waals surface area contributed by atoms with Crippen molar-refractivity contribution in [2.75, 3.05) is 7.11 Å². The van der Waals surface area contributed by atoms with Crippen LogP contribution in [0.4, 0.5) is 0 Å². The van der Waals surface area contributed by atoms with Crippen LogP contribution < -0.4 is 0 Å². The van der Waals surface area contributed by atoms with Gasteiger partial charge >= 0.3 is 5.97 Å². The van der Waals surface area contributed by atoms with Gasteiger partial charge in [0.05, 0.1) is 24.7 Å². The maximum Gasteiger partial charge on any atom is 0.339 e. The zero-order chi connectivity index (χ0) is 12.0. The van der Waals surface area contributed by atoms with E-state index in [-0.39, 0.29) is 17.1 Å². The van der Waals surface area contributed by atoms with Crippen LogP contribution in [0.25, 0.3) is 0 Å². The first kappa shape index (κ1) is 12.2. The molecule has 0 spiro atoms. The summed E-state index contributed by atoms with van der Waals surface area (Å²) in [6.07, 6.45) is 2.09. The van der Waals surface area contributed by atoms with Gasteiger partial charge < -0.3 is 9.53 Å². The Morgan fingerprint density at radius 3 is 3.06 bits per heavy atom. The summed E-state index contributed by atoms with van der Waals surface area (Å²) in [6.45, 7) is 0. The highest BCUT2D eigenvalue weighted by Crippen LogP contribution is 2.13. The van der Waals surface area contributed by atoms with Crippen molar-refractivity contribution in [2.45, 2.75) is 6.42 Å². The molecule has 1 aromatic heterocycles. The Labute approximate surface area is 97.6 Å². The van der Waals surface area contributed by atoms with Gasteiger partial charge in [0.15, 0.2) is 0 Å². The van der Waals surface area contributed by atoms with Crippen LogP contribution in [0.15, 0.2) is 12.3 Å². The third-order valence-corrected chi connectivity index (χ3v) is 1.97. The second-order valence-corrected chi connectivity index (χ2v) is 3.08. The molecule has 5 heteroatoms. The minimum absolute atomic E-state index is 0.110. The van der Waals surface area contributed by atoms with Gasteiger partial charge in [-0.15, -0.1) is 0 Å². The van der Waals surface area contributed by atoms with Crippen molar-refractivity contribution in [3.05, 3.63) is 28.5 Å². The Morgan fingerprint density at radius 2 is 2.44 bits per heavy atom. The molecule has 0 N–H and O–H groups in total. The van der Waals surface area contributed by atoms with Gasteiger partial charge in [0.1, 0.15) is 11.4 Å². The van der Waals surface area contributed by atoms with Gasteiger partial charge in [0, 0.05) is 6.20 Å². The standard InChI is InChI=1S/C11H8ClNO3/c1-16-11(15)9-6-8(4-2-3-5-14)10(12)13-7-9/h5-7H,3H2,1H3. The van der Waals surface area contributed by atoms with Gasteiger partial charge in [0.2, 0.25) is 0 Å². The number of methoxy groups -OCH3 is 1. The van der Waals surface area contributed by atoms with E-state index in [1.165, 1.54) is 19.4 Å². The predicted octanol–water partition coefficient (Wildman–Crippen LogP) is 1.46. The second kappa shape index (κ2) is 5.89. The maximum atomic E-state index is 11.2. The molecule has 1 rings (SSSR count). The summed E-state index contributed by atoms with van der Waals surface area (Å²) in [4.78, 5) is 25.1. The summed E-state index contributed by atoms with van der Waals surface area (Å²) in [5.41, 5.74) is 0.661. The summed E-state index contributed by atoms with van der Waals surface area (Å²) < 4.78 is 4.53. The highest BCUT2D eigenvalue weighted by atomic mass is 35.5. The zero-order valence-electron chi connectivity index (χ0n) is 8.49. The molecule has 0 radical (unpaired) electrons. The first-order valence-electron chi connectivity index (χ1n) is 4.35. The predicted molar refractivity (Wildman–Crippen MR) is 58.1 cm³/mol. The number of carbonyl (C=O) groups excluding carboxylic acids is 2. The van der Waals surface area contributed by atoms with E-state index in [9.17, 15) is 9.59 Å². The fourth-order valence-electron chi connectivity index (χ4n) is 0.953. The van der Waals surface area contributed by atoms with E-state index in [0.717, 1.165) is 0 Å². The number of hydrogen-bond donors (Lipinski definition) is 0. The Balaban J connectivity index is 3.05. The van der Waals surface area contributed by atoms with Crippen LogP contribution in [0.3, 0.4) is 0 Å². The Hall–Kier alpha value is -1.86. The van der Waals surface area contributed by atoms with E-state index in [4.69, 9.17) is 11.6 Å². The van der Waals surface area contributed by atoms with Crippen LogP contribution in [0, 0.1) is 11.8 Å². The van der Waals surface area contributed by atoms with Crippen LogP contribution in [0.1, 0.15) is 22.3 Å². The number of nitrogens with zero attached hydrogens (tertiary/aromatic N) is 1. The lowest BCUT2D eigenvalue weighted by Crippen LogP contribution is -2.02. The largest absolute Gasteiger partial charge is 0.465 e. The van der Waals surface area contributed by atoms with E-state index >= 15 is 0 Å². The fourth-order valence-corrected chi connectivity index (χ4v) is 1.10. The normalized spacial score (nSPS) is 8.88. The van der Waals surface area contributed by atoms with Crippen LogP contribution in [-0.2, 0) is 9.53 Å². The number of aldehydes is 1. The molecule has 0 bridgehead atoms. The summed E-state index contributed by atoms with van der Waals surface area (Å²) in [5.74, 6) is 4.72. The molecular formula is C11H8ClNO3. The summed E-state index contributed by atoms with van der Waals surface area (Å²) in [6, 6.07) is 1.47. The number of rotatable bonds is 2. The highest BCUT2D eigenvalue weighted by molar-refractivity contribution is 6.30. The van der Waals surface area contributed by atoms with Gasteiger partial charge in [-0.2, -0.15) is 0 Å². The Kier molecular flexibility index (Phi) is 4.49. The average Bonchev–Trinajstić information content (AvgIpc) is 2.31. The van der Waals surface area contributed by atoms with Crippen LogP contribution in [0.2, 0.25) is 5.15 Å². The van der Waals surface area contributed by atoms with E-state index in [0.29, 0.717) is 11.8 Å². The lowest BCUT2D eigenvalue weighted by molar-refractivity contribution is -0.107. The third kappa shape index (κ3) is 3.07. The molecule has 0 aromatic carbocycles. The number of carbonyl (C=O) groups is 2. The minimum atomic E-state index is -0.511. The minimum Gasteiger partial charge on any atom is -0.465 e. The molecule has 0 aliphatic rings. The van der Waals surface area contributed by atoms with E-state index in [2.05, 4.69) is 21.6 Å². The van der Waals surface area contributed by atoms with Crippen molar-refractivity contribution in [1.29, 1.82) is 0 Å². The van der Waals surface area contributed by atoms with E-state index < -0.39 is 5.97 Å². The second-order valence-electron chi connectivity index (χ2n) is 2.73. The van der Waals surface area contributed by atoms with Crippen molar-refractivity contribution in [3.8, 4) is 11.8 Å². The number of esters is 1. The highest BCUT2D eigenvalue weighted by Gasteiger charge is 2.08. The molecule has 1 heterocycles. The summed E-state index contributed by atoms with van der Waals surface area (Å²) in [7, 11) is 1.27. The molecule has 1 aromatic rings. The molecule has 0 atom stereocenters. The van der Waals surface area contributed by atoms with Gasteiger partial charge in [-0.3, -0.25) is 0 Å². The van der Waals surface area contributed by atoms with Gasteiger partial charge in [-0.25, -0.2) is 9.78 Å². The number of aromatic nitrogens is 1. The number of ether oxygens (including phenoxy) is 1. The number of halogens is 1. The fraction of sp³-hybridized carbons (Fsp3) is 0.182.